The van der Waals surface area contributed by atoms with Crippen molar-refractivity contribution in [1.82, 2.24) is 5.32 Å². The number of sulfone groups is 1. The van der Waals surface area contributed by atoms with Crippen molar-refractivity contribution in [3.05, 3.63) is 0 Å². The zero-order valence-electron chi connectivity index (χ0n) is 11.8. The van der Waals surface area contributed by atoms with Gasteiger partial charge in [0.05, 0.1) is 4.75 Å². The molecule has 0 radical (unpaired) electrons. The van der Waals surface area contributed by atoms with Crippen LogP contribution in [0.15, 0.2) is 0 Å². The Bertz CT molecular complexity index is 348. The van der Waals surface area contributed by atoms with Crippen molar-refractivity contribution in [3.63, 3.8) is 0 Å². The monoisotopic (exact) mass is 261 g/mol. The van der Waals surface area contributed by atoms with Crippen LogP contribution in [0.5, 0.6) is 0 Å². The van der Waals surface area contributed by atoms with Crippen molar-refractivity contribution in [2.24, 2.45) is 11.8 Å². The Kier molecular flexibility index (Phi) is 4.64. The number of hydrogen-bond acceptors (Lipinski definition) is 3. The molecule has 0 spiro atoms. The predicted molar refractivity (Wildman–Crippen MR) is 72.9 cm³/mol. The minimum atomic E-state index is -2.99. The summed E-state index contributed by atoms with van der Waals surface area (Å²) in [6.45, 7) is 8.71. The topological polar surface area (TPSA) is 46.2 Å². The highest BCUT2D eigenvalue weighted by Gasteiger charge is 2.32. The molecule has 3 atom stereocenters. The SMILES string of the molecule is CC1CCC(NCC(C)(C)S(C)(=O)=O)C(C)C1. The molecule has 0 aromatic carbocycles. The fourth-order valence-electron chi connectivity index (χ4n) is 2.48. The van der Waals surface area contributed by atoms with Gasteiger partial charge in [0, 0.05) is 18.8 Å². The molecule has 3 nitrogen and oxygen atoms in total. The molecular weight excluding hydrogens is 234 g/mol. The first-order chi connectivity index (χ1) is 7.63. The highest BCUT2D eigenvalue weighted by atomic mass is 32.2. The third kappa shape index (κ3) is 3.95. The van der Waals surface area contributed by atoms with Crippen molar-refractivity contribution >= 4 is 9.84 Å². The second kappa shape index (κ2) is 5.27. The van der Waals surface area contributed by atoms with Gasteiger partial charge >= 0.3 is 0 Å². The van der Waals surface area contributed by atoms with Crippen LogP contribution >= 0.6 is 0 Å². The van der Waals surface area contributed by atoms with Crippen LogP contribution in [0.3, 0.4) is 0 Å². The van der Waals surface area contributed by atoms with Crippen LogP contribution in [-0.2, 0) is 9.84 Å². The molecule has 1 aliphatic rings. The second-order valence-electron chi connectivity index (χ2n) is 6.41. The quantitative estimate of drug-likeness (QED) is 0.844. The van der Waals surface area contributed by atoms with Crippen molar-refractivity contribution in [2.45, 2.75) is 57.7 Å². The fraction of sp³-hybridized carbons (Fsp3) is 1.00. The molecule has 17 heavy (non-hydrogen) atoms. The summed E-state index contributed by atoms with van der Waals surface area (Å²) in [7, 11) is -2.99. The van der Waals surface area contributed by atoms with Crippen LogP contribution in [0.1, 0.15) is 47.0 Å². The van der Waals surface area contributed by atoms with Crippen LogP contribution in [0, 0.1) is 11.8 Å². The Labute approximate surface area is 106 Å². The van der Waals surface area contributed by atoms with E-state index in [1.807, 2.05) is 0 Å². The van der Waals surface area contributed by atoms with Gasteiger partial charge in [0.1, 0.15) is 0 Å². The third-order valence-electron chi connectivity index (χ3n) is 4.23. The lowest BCUT2D eigenvalue weighted by Gasteiger charge is -2.35. The van der Waals surface area contributed by atoms with Crippen molar-refractivity contribution in [2.75, 3.05) is 12.8 Å². The van der Waals surface area contributed by atoms with E-state index in [0.717, 1.165) is 5.92 Å². The Balaban J connectivity index is 2.51. The van der Waals surface area contributed by atoms with E-state index in [2.05, 4.69) is 19.2 Å². The minimum absolute atomic E-state index is 0.479. The molecule has 3 unspecified atom stereocenters. The van der Waals surface area contributed by atoms with Crippen LogP contribution in [0.2, 0.25) is 0 Å². The number of rotatable bonds is 4. The van der Waals surface area contributed by atoms with Gasteiger partial charge in [-0.05, 0) is 44.9 Å². The summed E-state index contributed by atoms with van der Waals surface area (Å²) < 4.78 is 22.6. The molecule has 0 aliphatic heterocycles. The van der Waals surface area contributed by atoms with Crippen LogP contribution in [0.4, 0.5) is 0 Å². The Morgan fingerprint density at radius 2 is 1.82 bits per heavy atom. The molecule has 1 rings (SSSR count). The summed E-state index contributed by atoms with van der Waals surface area (Å²) >= 11 is 0. The second-order valence-corrected chi connectivity index (χ2v) is 9.06. The van der Waals surface area contributed by atoms with E-state index in [-0.39, 0.29) is 0 Å². The molecule has 0 amide bonds. The highest BCUT2D eigenvalue weighted by molar-refractivity contribution is 7.92. The maximum absolute atomic E-state index is 11.6. The lowest BCUT2D eigenvalue weighted by Crippen LogP contribution is -2.48. The summed E-state index contributed by atoms with van der Waals surface area (Å²) in [5, 5.41) is 3.46. The van der Waals surface area contributed by atoms with Gasteiger partial charge in [0.25, 0.3) is 0 Å². The van der Waals surface area contributed by atoms with Gasteiger partial charge in [0.2, 0.25) is 0 Å². The molecule has 1 N–H and O–H groups in total. The summed E-state index contributed by atoms with van der Waals surface area (Å²) in [6.07, 6.45) is 4.99. The summed E-state index contributed by atoms with van der Waals surface area (Å²) in [6, 6.07) is 0.479. The fourth-order valence-corrected chi connectivity index (χ4v) is 2.82. The number of nitrogens with one attached hydrogen (secondary N) is 1. The first-order valence-electron chi connectivity index (χ1n) is 6.56. The first kappa shape index (κ1) is 15.0. The molecule has 0 bridgehead atoms. The van der Waals surface area contributed by atoms with Gasteiger partial charge < -0.3 is 5.32 Å². The van der Waals surface area contributed by atoms with E-state index >= 15 is 0 Å². The van der Waals surface area contributed by atoms with E-state index in [4.69, 9.17) is 0 Å². The average Bonchev–Trinajstić information content (AvgIpc) is 2.14. The van der Waals surface area contributed by atoms with Gasteiger partial charge in [-0.3, -0.25) is 0 Å². The first-order valence-corrected chi connectivity index (χ1v) is 8.45. The molecule has 102 valence electrons. The number of hydrogen-bond donors (Lipinski definition) is 1. The van der Waals surface area contributed by atoms with E-state index in [9.17, 15) is 8.42 Å². The van der Waals surface area contributed by atoms with Crippen molar-refractivity contribution in [1.29, 1.82) is 0 Å². The largest absolute Gasteiger partial charge is 0.312 e. The molecular formula is C13H27NO2S. The Morgan fingerprint density at radius 3 is 2.29 bits per heavy atom. The summed E-state index contributed by atoms with van der Waals surface area (Å²) in [5.74, 6) is 1.46. The van der Waals surface area contributed by atoms with E-state index in [0.29, 0.717) is 18.5 Å². The molecule has 1 saturated carbocycles. The van der Waals surface area contributed by atoms with Crippen molar-refractivity contribution < 1.29 is 8.42 Å². The van der Waals surface area contributed by atoms with Gasteiger partial charge in [-0.2, -0.15) is 0 Å². The predicted octanol–water partition coefficient (Wildman–Crippen LogP) is 2.22. The lowest BCUT2D eigenvalue weighted by atomic mass is 9.80. The van der Waals surface area contributed by atoms with E-state index in [1.165, 1.54) is 25.5 Å². The van der Waals surface area contributed by atoms with E-state index < -0.39 is 14.6 Å². The Hall–Kier alpha value is -0.0900. The third-order valence-corrected chi connectivity index (χ3v) is 6.38. The zero-order valence-corrected chi connectivity index (χ0v) is 12.6. The van der Waals surface area contributed by atoms with Gasteiger partial charge in [-0.1, -0.05) is 13.8 Å². The summed E-state index contributed by atoms with van der Waals surface area (Å²) in [4.78, 5) is 0. The van der Waals surface area contributed by atoms with Crippen LogP contribution < -0.4 is 5.32 Å². The average molecular weight is 261 g/mol. The molecule has 0 saturated heterocycles. The van der Waals surface area contributed by atoms with E-state index in [1.54, 1.807) is 13.8 Å². The summed E-state index contributed by atoms with van der Waals surface area (Å²) in [5.41, 5.74) is 0. The Morgan fingerprint density at radius 1 is 1.24 bits per heavy atom. The highest BCUT2D eigenvalue weighted by Crippen LogP contribution is 2.29. The molecule has 1 aliphatic carbocycles. The molecule has 0 aromatic heterocycles. The maximum Gasteiger partial charge on any atom is 0.153 e. The molecule has 4 heteroatoms. The van der Waals surface area contributed by atoms with Gasteiger partial charge in [-0.15, -0.1) is 0 Å². The zero-order chi connectivity index (χ0) is 13.3. The lowest BCUT2D eigenvalue weighted by molar-refractivity contribution is 0.225. The van der Waals surface area contributed by atoms with Gasteiger partial charge in [0.15, 0.2) is 9.84 Å². The minimum Gasteiger partial charge on any atom is -0.312 e. The standard InChI is InChI=1S/C13H27NO2S/c1-10-6-7-12(11(2)8-10)14-9-13(3,4)17(5,15)16/h10-12,14H,6-9H2,1-5H3. The normalized spacial score (nSPS) is 31.5. The van der Waals surface area contributed by atoms with Crippen molar-refractivity contribution in [3.8, 4) is 0 Å². The maximum atomic E-state index is 11.6. The molecule has 0 heterocycles. The molecule has 0 aromatic rings. The van der Waals surface area contributed by atoms with Gasteiger partial charge in [-0.25, -0.2) is 8.42 Å². The van der Waals surface area contributed by atoms with Crippen LogP contribution in [0.25, 0.3) is 0 Å². The van der Waals surface area contributed by atoms with Crippen LogP contribution in [-0.4, -0.2) is 32.0 Å². The molecule has 1 fully saturated rings. The smallest absolute Gasteiger partial charge is 0.153 e.